The molecule has 0 N–H and O–H groups in total. The predicted octanol–water partition coefficient (Wildman–Crippen LogP) is 2.02. The molecule has 1 fully saturated rings. The van der Waals surface area contributed by atoms with Crippen LogP contribution < -0.4 is 0 Å². The lowest BCUT2D eigenvalue weighted by atomic mass is 10.0. The van der Waals surface area contributed by atoms with Crippen molar-refractivity contribution >= 4 is 5.78 Å². The molecule has 0 aliphatic carbocycles. The van der Waals surface area contributed by atoms with Crippen molar-refractivity contribution in [2.75, 3.05) is 19.6 Å². The van der Waals surface area contributed by atoms with E-state index in [-0.39, 0.29) is 11.6 Å². The highest BCUT2D eigenvalue weighted by Crippen LogP contribution is 2.13. The Morgan fingerprint density at radius 2 is 2.20 bits per heavy atom. The SMILES string of the molecule is Cc1ccc(F)cc1C(=O)CN1CCC1. The van der Waals surface area contributed by atoms with Gasteiger partial charge in [0.25, 0.3) is 0 Å². The highest BCUT2D eigenvalue weighted by molar-refractivity contribution is 5.98. The zero-order valence-electron chi connectivity index (χ0n) is 8.79. The zero-order valence-corrected chi connectivity index (χ0v) is 8.79. The second kappa shape index (κ2) is 4.11. The molecule has 80 valence electrons. The van der Waals surface area contributed by atoms with Gasteiger partial charge in [0.1, 0.15) is 5.82 Å². The number of carbonyl (C=O) groups is 1. The quantitative estimate of drug-likeness (QED) is 0.707. The number of rotatable bonds is 3. The van der Waals surface area contributed by atoms with Crippen molar-refractivity contribution in [2.45, 2.75) is 13.3 Å². The number of halogens is 1. The monoisotopic (exact) mass is 207 g/mol. The molecule has 15 heavy (non-hydrogen) atoms. The Balaban J connectivity index is 2.12. The first-order valence-corrected chi connectivity index (χ1v) is 5.18. The fourth-order valence-corrected chi connectivity index (χ4v) is 1.72. The maximum atomic E-state index is 13.0. The zero-order chi connectivity index (χ0) is 10.8. The lowest BCUT2D eigenvalue weighted by molar-refractivity contribution is 0.0874. The van der Waals surface area contributed by atoms with Gasteiger partial charge in [0, 0.05) is 5.56 Å². The summed E-state index contributed by atoms with van der Waals surface area (Å²) < 4.78 is 13.0. The second-order valence-electron chi connectivity index (χ2n) is 4.01. The summed E-state index contributed by atoms with van der Waals surface area (Å²) in [5.41, 5.74) is 1.36. The number of hydrogen-bond donors (Lipinski definition) is 0. The molecule has 0 saturated carbocycles. The van der Waals surface area contributed by atoms with E-state index in [1.54, 1.807) is 6.07 Å². The van der Waals surface area contributed by atoms with Gasteiger partial charge in [0.2, 0.25) is 0 Å². The van der Waals surface area contributed by atoms with Crippen molar-refractivity contribution in [2.24, 2.45) is 0 Å². The summed E-state index contributed by atoms with van der Waals surface area (Å²) in [5.74, 6) is -0.320. The fourth-order valence-electron chi connectivity index (χ4n) is 1.72. The number of aryl methyl sites for hydroxylation is 1. The van der Waals surface area contributed by atoms with Gasteiger partial charge < -0.3 is 0 Å². The average molecular weight is 207 g/mol. The van der Waals surface area contributed by atoms with Crippen molar-refractivity contribution in [3.05, 3.63) is 35.1 Å². The molecule has 2 rings (SSSR count). The Hall–Kier alpha value is -1.22. The molecule has 0 radical (unpaired) electrons. The summed E-state index contributed by atoms with van der Waals surface area (Å²) in [7, 11) is 0. The molecule has 1 heterocycles. The Morgan fingerprint density at radius 3 is 2.80 bits per heavy atom. The number of Topliss-reactive ketones (excluding diaryl/α,β-unsaturated/α-hetero) is 1. The van der Waals surface area contributed by atoms with Crippen LogP contribution in [0.3, 0.4) is 0 Å². The highest BCUT2D eigenvalue weighted by atomic mass is 19.1. The van der Waals surface area contributed by atoms with Gasteiger partial charge in [-0.15, -0.1) is 0 Å². The molecule has 0 aromatic heterocycles. The first-order chi connectivity index (χ1) is 7.16. The normalized spacial score (nSPS) is 16.1. The lowest BCUT2D eigenvalue weighted by Gasteiger charge is -2.29. The maximum Gasteiger partial charge on any atom is 0.177 e. The largest absolute Gasteiger partial charge is 0.296 e. The number of benzene rings is 1. The second-order valence-corrected chi connectivity index (χ2v) is 4.01. The minimum absolute atomic E-state index is 0.0201. The third-order valence-corrected chi connectivity index (χ3v) is 2.82. The van der Waals surface area contributed by atoms with E-state index < -0.39 is 0 Å². The van der Waals surface area contributed by atoms with Crippen LogP contribution in [-0.2, 0) is 0 Å². The van der Waals surface area contributed by atoms with Crippen LogP contribution in [0.15, 0.2) is 18.2 Å². The molecule has 1 aliphatic rings. The molecule has 1 aromatic rings. The molecule has 0 atom stereocenters. The Kier molecular flexibility index (Phi) is 2.82. The number of hydrogen-bond acceptors (Lipinski definition) is 2. The summed E-state index contributed by atoms with van der Waals surface area (Å²) in [6, 6.07) is 4.37. The van der Waals surface area contributed by atoms with Gasteiger partial charge in [-0.1, -0.05) is 6.07 Å². The Morgan fingerprint density at radius 1 is 1.47 bits per heavy atom. The van der Waals surface area contributed by atoms with Crippen LogP contribution in [0.4, 0.5) is 4.39 Å². The minimum Gasteiger partial charge on any atom is -0.296 e. The Bertz CT molecular complexity index is 385. The van der Waals surface area contributed by atoms with Gasteiger partial charge >= 0.3 is 0 Å². The molecule has 2 nitrogen and oxygen atoms in total. The lowest BCUT2D eigenvalue weighted by Crippen LogP contribution is -2.40. The van der Waals surface area contributed by atoms with Gasteiger partial charge in [0.05, 0.1) is 6.54 Å². The van der Waals surface area contributed by atoms with Crippen LogP contribution in [0.1, 0.15) is 22.3 Å². The van der Waals surface area contributed by atoms with Crippen LogP contribution >= 0.6 is 0 Å². The molecular formula is C12H14FNO. The highest BCUT2D eigenvalue weighted by Gasteiger charge is 2.19. The maximum absolute atomic E-state index is 13.0. The Labute approximate surface area is 88.7 Å². The van der Waals surface area contributed by atoms with E-state index >= 15 is 0 Å². The van der Waals surface area contributed by atoms with E-state index in [4.69, 9.17) is 0 Å². The number of nitrogens with zero attached hydrogens (tertiary/aromatic N) is 1. The van der Waals surface area contributed by atoms with E-state index in [9.17, 15) is 9.18 Å². The van der Waals surface area contributed by atoms with Crippen LogP contribution in [0.25, 0.3) is 0 Å². The summed E-state index contributed by atoms with van der Waals surface area (Å²) in [4.78, 5) is 13.9. The van der Waals surface area contributed by atoms with E-state index in [0.29, 0.717) is 12.1 Å². The van der Waals surface area contributed by atoms with Crippen molar-refractivity contribution in [1.82, 2.24) is 4.90 Å². The number of carbonyl (C=O) groups excluding carboxylic acids is 1. The van der Waals surface area contributed by atoms with Crippen molar-refractivity contribution in [1.29, 1.82) is 0 Å². The fraction of sp³-hybridized carbons (Fsp3) is 0.417. The van der Waals surface area contributed by atoms with E-state index in [1.165, 1.54) is 12.1 Å². The van der Waals surface area contributed by atoms with E-state index in [1.807, 2.05) is 6.92 Å². The summed E-state index contributed by atoms with van der Waals surface area (Å²) in [5, 5.41) is 0. The van der Waals surface area contributed by atoms with Gasteiger partial charge in [0.15, 0.2) is 5.78 Å². The number of ketones is 1. The minimum atomic E-state index is -0.340. The molecule has 0 spiro atoms. The molecule has 0 unspecified atom stereocenters. The van der Waals surface area contributed by atoms with Gasteiger partial charge in [-0.2, -0.15) is 0 Å². The molecule has 3 heteroatoms. The third-order valence-electron chi connectivity index (χ3n) is 2.82. The third kappa shape index (κ3) is 2.23. The van der Waals surface area contributed by atoms with Crippen LogP contribution in [0, 0.1) is 12.7 Å². The van der Waals surface area contributed by atoms with Crippen LogP contribution in [0.2, 0.25) is 0 Å². The summed E-state index contributed by atoms with van der Waals surface area (Å²) >= 11 is 0. The van der Waals surface area contributed by atoms with Crippen LogP contribution in [0.5, 0.6) is 0 Å². The first-order valence-electron chi connectivity index (χ1n) is 5.18. The molecule has 1 aromatic carbocycles. The van der Waals surface area contributed by atoms with Crippen molar-refractivity contribution in [3.63, 3.8) is 0 Å². The van der Waals surface area contributed by atoms with Crippen molar-refractivity contribution < 1.29 is 9.18 Å². The molecular weight excluding hydrogens is 193 g/mol. The van der Waals surface area contributed by atoms with E-state index in [0.717, 1.165) is 25.1 Å². The first kappa shape index (κ1) is 10.3. The van der Waals surface area contributed by atoms with Gasteiger partial charge in [-0.25, -0.2) is 4.39 Å². The topological polar surface area (TPSA) is 20.3 Å². The molecule has 0 amide bonds. The predicted molar refractivity (Wildman–Crippen MR) is 56.5 cm³/mol. The summed E-state index contributed by atoms with van der Waals surface area (Å²) in [6.45, 7) is 4.23. The van der Waals surface area contributed by atoms with E-state index in [2.05, 4.69) is 4.90 Å². The molecule has 0 bridgehead atoms. The van der Waals surface area contributed by atoms with Gasteiger partial charge in [-0.3, -0.25) is 9.69 Å². The standard InChI is InChI=1S/C12H14FNO/c1-9-3-4-10(13)7-11(9)12(15)8-14-5-2-6-14/h3-4,7H,2,5-6,8H2,1H3. The number of likely N-dealkylation sites (tertiary alicyclic amines) is 1. The smallest absolute Gasteiger partial charge is 0.177 e. The molecule has 1 saturated heterocycles. The molecule has 1 aliphatic heterocycles. The van der Waals surface area contributed by atoms with Gasteiger partial charge in [-0.05, 0) is 44.1 Å². The summed E-state index contributed by atoms with van der Waals surface area (Å²) in [6.07, 6.45) is 1.16. The van der Waals surface area contributed by atoms with Crippen molar-refractivity contribution in [3.8, 4) is 0 Å². The van der Waals surface area contributed by atoms with Crippen LogP contribution in [-0.4, -0.2) is 30.3 Å². The average Bonchev–Trinajstić information content (AvgIpc) is 2.15.